The van der Waals surface area contributed by atoms with Crippen LogP contribution in [0.25, 0.3) is 11.5 Å². The number of pyridine rings is 1. The smallest absolute Gasteiger partial charge is 0.258 e. The first-order valence-electron chi connectivity index (χ1n) is 10.6. The normalized spacial score (nSPS) is 16.4. The van der Waals surface area contributed by atoms with Gasteiger partial charge in [0, 0.05) is 17.5 Å². The molecule has 2 aliphatic carbocycles. The molecule has 0 bridgehead atoms. The van der Waals surface area contributed by atoms with Gasteiger partial charge in [-0.1, -0.05) is 5.16 Å². The van der Waals surface area contributed by atoms with Gasteiger partial charge >= 0.3 is 0 Å². The lowest BCUT2D eigenvalue weighted by Gasteiger charge is -2.10. The van der Waals surface area contributed by atoms with Crippen LogP contribution in [0, 0.1) is 11.7 Å². The molecule has 1 N–H and O–H groups in total. The number of aromatic nitrogens is 3. The number of ether oxygens (including phenoxy) is 1. The topological polar surface area (TPSA) is 107 Å². The Balaban J connectivity index is 1.25. The summed E-state index contributed by atoms with van der Waals surface area (Å²) >= 11 is 0. The molecule has 0 aliphatic heterocycles. The number of amides is 1. The molecule has 1 amide bonds. The number of ketones is 1. The number of rotatable bonds is 8. The molecule has 9 heteroatoms. The molecule has 1 atom stereocenters. The van der Waals surface area contributed by atoms with Crippen LogP contribution >= 0.6 is 0 Å². The number of nitrogens with zero attached hydrogens (tertiary/aromatic N) is 3. The number of carbonyl (C=O) groups excluding carboxylic acids is 2. The van der Waals surface area contributed by atoms with E-state index < -0.39 is 17.8 Å². The lowest BCUT2D eigenvalue weighted by molar-refractivity contribution is 0.0943. The monoisotopic (exact) mass is 436 g/mol. The molecule has 1 aromatic carbocycles. The molecule has 2 heterocycles. The summed E-state index contributed by atoms with van der Waals surface area (Å²) in [5.41, 5.74) is 0.778. The van der Waals surface area contributed by atoms with E-state index in [1.54, 1.807) is 25.1 Å². The van der Waals surface area contributed by atoms with Crippen LogP contribution in [0.15, 0.2) is 41.1 Å². The molecule has 1 unspecified atom stereocenters. The lowest BCUT2D eigenvalue weighted by Crippen LogP contribution is -2.26. The van der Waals surface area contributed by atoms with Gasteiger partial charge in [-0.15, -0.1) is 0 Å². The standard InChI is InChI=1S/C23H21FN4O4/c1-12(31-16-7-9-19(25-11-16)20(29)13-2-3-13)21-27-23(32-28-21)14-4-8-17(18(24)10-14)22(30)26-15-5-6-15/h4,7-13,15H,2-3,5-6H2,1H3,(H,26,30). The largest absolute Gasteiger partial charge is 0.481 e. The van der Waals surface area contributed by atoms with Gasteiger partial charge < -0.3 is 14.6 Å². The second-order valence-corrected chi connectivity index (χ2v) is 8.18. The molecule has 5 rings (SSSR count). The molecule has 2 fully saturated rings. The van der Waals surface area contributed by atoms with E-state index in [2.05, 4.69) is 20.4 Å². The van der Waals surface area contributed by atoms with Crippen LogP contribution in [-0.2, 0) is 0 Å². The molecule has 0 saturated heterocycles. The highest BCUT2D eigenvalue weighted by Crippen LogP contribution is 2.32. The highest BCUT2D eigenvalue weighted by Gasteiger charge is 2.31. The number of nitrogens with one attached hydrogen (secondary N) is 1. The van der Waals surface area contributed by atoms with Crippen molar-refractivity contribution >= 4 is 11.7 Å². The summed E-state index contributed by atoms with van der Waals surface area (Å²) in [6, 6.07) is 7.64. The van der Waals surface area contributed by atoms with E-state index >= 15 is 0 Å². The molecule has 3 aromatic rings. The highest BCUT2D eigenvalue weighted by atomic mass is 19.1. The Bertz CT molecular complexity index is 1170. The van der Waals surface area contributed by atoms with E-state index in [9.17, 15) is 14.0 Å². The van der Waals surface area contributed by atoms with Crippen LogP contribution in [-0.4, -0.2) is 32.9 Å². The Kier molecular flexibility index (Phi) is 5.16. The average molecular weight is 436 g/mol. The van der Waals surface area contributed by atoms with Gasteiger partial charge in [-0.25, -0.2) is 9.37 Å². The predicted molar refractivity (Wildman–Crippen MR) is 111 cm³/mol. The number of benzene rings is 1. The Morgan fingerprint density at radius 1 is 1.19 bits per heavy atom. The molecule has 164 valence electrons. The van der Waals surface area contributed by atoms with Gasteiger partial charge in [-0.2, -0.15) is 4.98 Å². The first-order valence-corrected chi connectivity index (χ1v) is 10.6. The van der Waals surface area contributed by atoms with E-state index in [1.165, 1.54) is 18.3 Å². The van der Waals surface area contributed by atoms with Gasteiger partial charge in [0.05, 0.1) is 11.8 Å². The average Bonchev–Trinajstić information content (AvgIpc) is 3.72. The van der Waals surface area contributed by atoms with Crippen molar-refractivity contribution in [3.8, 4) is 17.2 Å². The van der Waals surface area contributed by atoms with Crippen molar-refractivity contribution in [1.82, 2.24) is 20.4 Å². The molecular weight excluding hydrogens is 415 g/mol. The zero-order valence-electron chi connectivity index (χ0n) is 17.4. The van der Waals surface area contributed by atoms with Gasteiger partial charge in [0.1, 0.15) is 17.3 Å². The minimum Gasteiger partial charge on any atom is -0.481 e. The van der Waals surface area contributed by atoms with Crippen molar-refractivity contribution in [2.75, 3.05) is 0 Å². The Hall–Kier alpha value is -3.62. The van der Waals surface area contributed by atoms with E-state index in [-0.39, 0.29) is 35.0 Å². The second kappa shape index (κ2) is 8.14. The van der Waals surface area contributed by atoms with Gasteiger partial charge in [0.2, 0.25) is 5.82 Å². The maximum Gasteiger partial charge on any atom is 0.258 e. The van der Waals surface area contributed by atoms with E-state index in [0.29, 0.717) is 17.0 Å². The Morgan fingerprint density at radius 3 is 2.66 bits per heavy atom. The zero-order valence-corrected chi connectivity index (χ0v) is 17.4. The summed E-state index contributed by atoms with van der Waals surface area (Å²) < 4.78 is 25.5. The third kappa shape index (κ3) is 4.37. The quantitative estimate of drug-likeness (QED) is 0.534. The number of Topliss-reactive ketones (excluding diaryl/α,β-unsaturated/α-hetero) is 1. The van der Waals surface area contributed by atoms with Crippen molar-refractivity contribution < 1.29 is 23.2 Å². The Morgan fingerprint density at radius 2 is 2.00 bits per heavy atom. The molecule has 8 nitrogen and oxygen atoms in total. The summed E-state index contributed by atoms with van der Waals surface area (Å²) in [4.78, 5) is 32.6. The lowest BCUT2D eigenvalue weighted by atomic mass is 10.1. The van der Waals surface area contributed by atoms with Crippen molar-refractivity contribution in [1.29, 1.82) is 0 Å². The van der Waals surface area contributed by atoms with Crippen LogP contribution < -0.4 is 10.1 Å². The molecular formula is C23H21FN4O4. The van der Waals surface area contributed by atoms with E-state index in [4.69, 9.17) is 9.26 Å². The minimum atomic E-state index is -0.656. The zero-order chi connectivity index (χ0) is 22.2. The van der Waals surface area contributed by atoms with Gasteiger partial charge in [0.25, 0.3) is 11.8 Å². The van der Waals surface area contributed by atoms with Gasteiger partial charge in [-0.3, -0.25) is 9.59 Å². The molecule has 2 aliphatic rings. The number of carbonyl (C=O) groups is 2. The third-order valence-electron chi connectivity index (χ3n) is 5.43. The van der Waals surface area contributed by atoms with E-state index in [0.717, 1.165) is 25.7 Å². The number of hydrogen-bond acceptors (Lipinski definition) is 7. The Labute approximate surface area is 183 Å². The first kappa shape index (κ1) is 20.3. The summed E-state index contributed by atoms with van der Waals surface area (Å²) in [6.45, 7) is 1.74. The third-order valence-corrected chi connectivity index (χ3v) is 5.43. The molecule has 32 heavy (non-hydrogen) atoms. The van der Waals surface area contributed by atoms with Crippen LogP contribution in [0.4, 0.5) is 4.39 Å². The second-order valence-electron chi connectivity index (χ2n) is 8.18. The fourth-order valence-corrected chi connectivity index (χ4v) is 3.25. The van der Waals surface area contributed by atoms with Gasteiger partial charge in [-0.05, 0) is 62.9 Å². The highest BCUT2D eigenvalue weighted by molar-refractivity contribution is 5.97. The van der Waals surface area contributed by atoms with Gasteiger partial charge in [0.15, 0.2) is 11.9 Å². The van der Waals surface area contributed by atoms with Crippen LogP contribution in [0.1, 0.15) is 65.4 Å². The molecule has 2 saturated carbocycles. The SMILES string of the molecule is CC(Oc1ccc(C(=O)C2CC2)nc1)c1noc(-c2ccc(C(=O)NC3CC3)c(F)c2)n1. The maximum atomic E-state index is 14.4. The van der Waals surface area contributed by atoms with Crippen molar-refractivity contribution in [3.05, 3.63) is 59.4 Å². The van der Waals surface area contributed by atoms with E-state index in [1.807, 2.05) is 0 Å². The molecule has 0 radical (unpaired) electrons. The maximum absolute atomic E-state index is 14.4. The predicted octanol–water partition coefficient (Wildman–Crippen LogP) is 3.90. The fourth-order valence-electron chi connectivity index (χ4n) is 3.25. The van der Waals surface area contributed by atoms with Crippen molar-refractivity contribution in [2.24, 2.45) is 5.92 Å². The van der Waals surface area contributed by atoms with Crippen LogP contribution in [0.2, 0.25) is 0 Å². The van der Waals surface area contributed by atoms with Crippen LogP contribution in [0.5, 0.6) is 5.75 Å². The summed E-state index contributed by atoms with van der Waals surface area (Å²) in [5, 5.41) is 6.67. The molecule has 0 spiro atoms. The number of hydrogen-bond donors (Lipinski definition) is 1. The summed E-state index contributed by atoms with van der Waals surface area (Å²) in [7, 11) is 0. The molecule has 2 aromatic heterocycles. The van der Waals surface area contributed by atoms with Crippen molar-refractivity contribution in [2.45, 2.75) is 44.8 Å². The first-order chi connectivity index (χ1) is 15.5. The van der Waals surface area contributed by atoms with Crippen molar-refractivity contribution in [3.63, 3.8) is 0 Å². The summed E-state index contributed by atoms with van der Waals surface area (Å²) in [5.74, 6) is -0.0534. The minimum absolute atomic E-state index is 0.0202. The van der Waals surface area contributed by atoms with Crippen LogP contribution in [0.3, 0.4) is 0 Å². The summed E-state index contributed by atoms with van der Waals surface area (Å²) in [6.07, 6.45) is 4.64. The fraction of sp³-hybridized carbons (Fsp3) is 0.348. The number of halogens is 1.